The lowest BCUT2D eigenvalue weighted by Gasteiger charge is -2.38. The fraction of sp³-hybridized carbons (Fsp3) is 0.148. The molecule has 2 unspecified atom stereocenters. The minimum absolute atomic E-state index is 0.177. The van der Waals surface area contributed by atoms with E-state index in [4.69, 9.17) is 9.84 Å². The Kier molecular flexibility index (Phi) is 4.46. The molecule has 3 nitrogen and oxygen atoms in total. The number of benzene rings is 4. The maximum atomic E-state index is 6.47. The van der Waals surface area contributed by atoms with Crippen molar-refractivity contribution in [3.63, 3.8) is 0 Å². The van der Waals surface area contributed by atoms with E-state index in [2.05, 4.69) is 96.2 Å². The molecule has 152 valence electrons. The highest BCUT2D eigenvalue weighted by Gasteiger charge is 2.40. The maximum absolute atomic E-state index is 6.47. The molecule has 31 heavy (non-hydrogen) atoms. The number of hydrogen-bond acceptors (Lipinski definition) is 4. The summed E-state index contributed by atoms with van der Waals surface area (Å²) in [6.07, 6.45) is 2.74. The van der Waals surface area contributed by atoms with Crippen molar-refractivity contribution in [2.24, 2.45) is 5.10 Å². The normalized spacial score (nSPS) is 19.5. The predicted octanol–water partition coefficient (Wildman–Crippen LogP) is 6.80. The first kappa shape index (κ1) is 18.5. The van der Waals surface area contributed by atoms with Gasteiger partial charge in [0.1, 0.15) is 5.75 Å². The van der Waals surface area contributed by atoms with E-state index < -0.39 is 0 Å². The van der Waals surface area contributed by atoms with Gasteiger partial charge in [-0.05, 0) is 46.9 Å². The molecule has 0 aromatic heterocycles. The van der Waals surface area contributed by atoms with Crippen LogP contribution in [-0.2, 0) is 0 Å². The highest BCUT2D eigenvalue weighted by atomic mass is 32.2. The maximum Gasteiger partial charge on any atom is 0.213 e. The number of nitrogens with zero attached hydrogens (tertiary/aromatic N) is 2. The van der Waals surface area contributed by atoms with E-state index in [1.165, 1.54) is 26.8 Å². The number of fused-ring (bicyclic) bond motifs is 4. The first-order chi connectivity index (χ1) is 15.3. The van der Waals surface area contributed by atoms with Gasteiger partial charge >= 0.3 is 0 Å². The standard InChI is InChI=1S/C27H22N2OS/c1-31-22-14-12-19(13-15-22)27-29-25(23-8-4-5-9-26(23)30-27)17-24(28-29)21-11-10-18-6-2-3-7-20(18)16-21/h2-16,25,27H,17H2,1H3. The van der Waals surface area contributed by atoms with E-state index in [0.717, 1.165) is 23.4 Å². The fourth-order valence-electron chi connectivity index (χ4n) is 4.57. The van der Waals surface area contributed by atoms with Crippen molar-refractivity contribution >= 4 is 28.2 Å². The Morgan fingerprint density at radius 3 is 2.48 bits per heavy atom. The third kappa shape index (κ3) is 3.19. The van der Waals surface area contributed by atoms with E-state index in [-0.39, 0.29) is 12.3 Å². The summed E-state index contributed by atoms with van der Waals surface area (Å²) in [5, 5.41) is 9.76. The number of rotatable bonds is 3. The molecular weight excluding hydrogens is 400 g/mol. The van der Waals surface area contributed by atoms with Crippen molar-refractivity contribution in [2.45, 2.75) is 23.6 Å². The molecular formula is C27H22N2OS. The molecule has 0 bridgehead atoms. The fourth-order valence-corrected chi connectivity index (χ4v) is 4.97. The molecule has 4 aromatic carbocycles. The van der Waals surface area contributed by atoms with Gasteiger partial charge in [-0.1, -0.05) is 66.7 Å². The Morgan fingerprint density at radius 1 is 0.871 bits per heavy atom. The van der Waals surface area contributed by atoms with Crippen LogP contribution in [0, 0.1) is 0 Å². The van der Waals surface area contributed by atoms with Crippen molar-refractivity contribution in [3.05, 3.63) is 108 Å². The van der Waals surface area contributed by atoms with Gasteiger partial charge in [-0.15, -0.1) is 11.8 Å². The van der Waals surface area contributed by atoms with Crippen LogP contribution in [0.1, 0.15) is 35.4 Å². The van der Waals surface area contributed by atoms with E-state index >= 15 is 0 Å². The summed E-state index contributed by atoms with van der Waals surface area (Å²) in [6.45, 7) is 0. The lowest BCUT2D eigenvalue weighted by molar-refractivity contribution is -0.0190. The molecule has 2 aliphatic heterocycles. The second kappa shape index (κ2) is 7.47. The minimum atomic E-state index is -0.228. The van der Waals surface area contributed by atoms with Crippen molar-refractivity contribution < 1.29 is 4.74 Å². The van der Waals surface area contributed by atoms with Crippen LogP contribution >= 0.6 is 11.8 Å². The Balaban J connectivity index is 1.43. The second-order valence-corrected chi connectivity index (χ2v) is 8.87. The summed E-state index contributed by atoms with van der Waals surface area (Å²) in [7, 11) is 0. The monoisotopic (exact) mass is 422 g/mol. The zero-order chi connectivity index (χ0) is 20.8. The summed E-state index contributed by atoms with van der Waals surface area (Å²) in [6, 6.07) is 32.3. The van der Waals surface area contributed by atoms with Crippen molar-refractivity contribution in [1.29, 1.82) is 0 Å². The Bertz CT molecular complexity index is 1300. The van der Waals surface area contributed by atoms with Gasteiger partial charge < -0.3 is 4.74 Å². The quantitative estimate of drug-likeness (QED) is 0.339. The molecule has 0 saturated heterocycles. The van der Waals surface area contributed by atoms with Crippen molar-refractivity contribution in [3.8, 4) is 5.75 Å². The number of hydrazone groups is 1. The molecule has 2 atom stereocenters. The van der Waals surface area contributed by atoms with Gasteiger partial charge in [-0.3, -0.25) is 0 Å². The van der Waals surface area contributed by atoms with Crippen LogP contribution in [0.25, 0.3) is 10.8 Å². The van der Waals surface area contributed by atoms with E-state index in [9.17, 15) is 0 Å². The third-order valence-electron chi connectivity index (χ3n) is 6.18. The Hall–Kier alpha value is -3.24. The van der Waals surface area contributed by atoms with Gasteiger partial charge in [-0.25, -0.2) is 5.01 Å². The minimum Gasteiger partial charge on any atom is -0.464 e. The van der Waals surface area contributed by atoms with Crippen LogP contribution in [-0.4, -0.2) is 17.0 Å². The first-order valence-electron chi connectivity index (χ1n) is 10.5. The molecule has 4 heteroatoms. The zero-order valence-electron chi connectivity index (χ0n) is 17.2. The summed E-state index contributed by atoms with van der Waals surface area (Å²) < 4.78 is 6.47. The average molecular weight is 423 g/mol. The number of thioether (sulfide) groups is 1. The van der Waals surface area contributed by atoms with Gasteiger partial charge in [-0.2, -0.15) is 5.10 Å². The van der Waals surface area contributed by atoms with E-state index in [1.54, 1.807) is 11.8 Å². The van der Waals surface area contributed by atoms with Crippen molar-refractivity contribution in [2.75, 3.05) is 6.26 Å². The van der Waals surface area contributed by atoms with Crippen LogP contribution in [0.3, 0.4) is 0 Å². The smallest absolute Gasteiger partial charge is 0.213 e. The molecule has 4 aromatic rings. The summed E-state index contributed by atoms with van der Waals surface area (Å²) in [5.74, 6) is 0.956. The average Bonchev–Trinajstić information content (AvgIpc) is 3.29. The lowest BCUT2D eigenvalue weighted by Crippen LogP contribution is -2.33. The summed E-state index contributed by atoms with van der Waals surface area (Å²) >= 11 is 1.75. The van der Waals surface area contributed by atoms with E-state index in [1.807, 2.05) is 6.07 Å². The SMILES string of the molecule is CSc1ccc(C2Oc3ccccc3C3CC(c4ccc5ccccc5c4)=NN32)cc1. The number of para-hydroxylation sites is 1. The number of hydrogen-bond donors (Lipinski definition) is 0. The van der Waals surface area contributed by atoms with Crippen LogP contribution in [0.5, 0.6) is 5.75 Å². The second-order valence-electron chi connectivity index (χ2n) is 7.99. The van der Waals surface area contributed by atoms with Crippen LogP contribution in [0.2, 0.25) is 0 Å². The highest BCUT2D eigenvalue weighted by Crippen LogP contribution is 2.47. The Morgan fingerprint density at radius 2 is 1.65 bits per heavy atom. The third-order valence-corrected chi connectivity index (χ3v) is 6.93. The molecule has 0 amide bonds. The van der Waals surface area contributed by atoms with Crippen LogP contribution in [0.4, 0.5) is 0 Å². The molecule has 0 N–H and O–H groups in total. The molecule has 2 heterocycles. The largest absolute Gasteiger partial charge is 0.464 e. The topological polar surface area (TPSA) is 24.8 Å². The molecule has 0 aliphatic carbocycles. The molecule has 0 radical (unpaired) electrons. The summed E-state index contributed by atoms with van der Waals surface area (Å²) in [5.41, 5.74) is 4.63. The van der Waals surface area contributed by atoms with Gasteiger partial charge in [0.15, 0.2) is 0 Å². The van der Waals surface area contributed by atoms with Crippen LogP contribution < -0.4 is 4.74 Å². The van der Waals surface area contributed by atoms with E-state index in [0.29, 0.717) is 0 Å². The zero-order valence-corrected chi connectivity index (χ0v) is 18.0. The molecule has 2 aliphatic rings. The first-order valence-corrected chi connectivity index (χ1v) is 11.8. The van der Waals surface area contributed by atoms with Crippen LogP contribution in [0.15, 0.2) is 101 Å². The van der Waals surface area contributed by atoms with Gasteiger partial charge in [0.2, 0.25) is 6.23 Å². The molecule has 0 spiro atoms. The highest BCUT2D eigenvalue weighted by molar-refractivity contribution is 7.98. The summed E-state index contributed by atoms with van der Waals surface area (Å²) in [4.78, 5) is 1.25. The predicted molar refractivity (Wildman–Crippen MR) is 128 cm³/mol. The lowest BCUT2D eigenvalue weighted by atomic mass is 9.95. The number of ether oxygens (including phenoxy) is 1. The van der Waals surface area contributed by atoms with Gasteiger partial charge in [0.05, 0.1) is 11.8 Å². The molecule has 6 rings (SSSR count). The van der Waals surface area contributed by atoms with Gasteiger partial charge in [0, 0.05) is 22.4 Å². The Labute approximate surface area is 186 Å². The molecule has 0 fully saturated rings. The van der Waals surface area contributed by atoms with Crippen molar-refractivity contribution in [1.82, 2.24) is 5.01 Å². The molecule has 0 saturated carbocycles. The van der Waals surface area contributed by atoms with Gasteiger partial charge in [0.25, 0.3) is 0 Å².